The highest BCUT2D eigenvalue weighted by Crippen LogP contribution is 2.36. The van der Waals surface area contributed by atoms with Crippen LogP contribution in [0.4, 0.5) is 4.39 Å². The van der Waals surface area contributed by atoms with Gasteiger partial charge >= 0.3 is 11.9 Å². The smallest absolute Gasteiger partial charge is 0.394 e. The Morgan fingerprint density at radius 2 is 2.16 bits per heavy atom. The fourth-order valence-electron chi connectivity index (χ4n) is 2.78. The molecule has 0 spiro atoms. The molecule has 0 saturated heterocycles. The van der Waals surface area contributed by atoms with E-state index in [0.29, 0.717) is 11.1 Å². The van der Waals surface area contributed by atoms with Gasteiger partial charge in [0.05, 0.1) is 12.2 Å². The molecule has 0 radical (unpaired) electrons. The molecule has 0 N–H and O–H groups in total. The van der Waals surface area contributed by atoms with Crippen LogP contribution in [0.3, 0.4) is 0 Å². The van der Waals surface area contributed by atoms with Crippen LogP contribution >= 0.6 is 0 Å². The van der Waals surface area contributed by atoms with Crippen LogP contribution in [-0.4, -0.2) is 17.6 Å². The number of hydrogen-bond donors (Lipinski definition) is 0. The molecule has 2 aromatic carbocycles. The summed E-state index contributed by atoms with van der Waals surface area (Å²) in [6.45, 7) is 5.33. The van der Waals surface area contributed by atoms with Crippen LogP contribution in [0.1, 0.15) is 34.3 Å². The minimum Gasteiger partial charge on any atom is -0.459 e. The number of aromatic nitrogens is 1. The van der Waals surface area contributed by atoms with Crippen molar-refractivity contribution in [2.75, 3.05) is 6.61 Å². The highest BCUT2D eigenvalue weighted by molar-refractivity contribution is 5.93. The number of benzene rings is 2. The van der Waals surface area contributed by atoms with E-state index in [-0.39, 0.29) is 34.7 Å². The van der Waals surface area contributed by atoms with E-state index in [1.807, 2.05) is 31.2 Å². The van der Waals surface area contributed by atoms with Gasteiger partial charge in [-0.25, -0.2) is 14.2 Å². The maximum Gasteiger partial charge on any atom is 0.394 e. The number of carbonyl (C=O) groups excluding carboxylic acids is 1. The van der Waals surface area contributed by atoms with Gasteiger partial charge in [0.2, 0.25) is 0 Å². The van der Waals surface area contributed by atoms with Gasteiger partial charge < -0.3 is 9.15 Å². The largest absolute Gasteiger partial charge is 0.459 e. The highest BCUT2D eigenvalue weighted by atomic mass is 19.1. The number of rotatable bonds is 3. The molecule has 1 heterocycles. The molecule has 0 saturated carbocycles. The number of nitriles is 1. The van der Waals surface area contributed by atoms with Crippen LogP contribution in [0.15, 0.2) is 28.7 Å². The third-order valence-electron chi connectivity index (χ3n) is 3.90. The van der Waals surface area contributed by atoms with Gasteiger partial charge in [-0.3, -0.25) is 0 Å². The lowest BCUT2D eigenvalue weighted by Crippen LogP contribution is -2.04. The van der Waals surface area contributed by atoms with E-state index in [4.69, 9.17) is 9.15 Å². The van der Waals surface area contributed by atoms with Gasteiger partial charge in [0.1, 0.15) is 11.6 Å². The number of oxazole rings is 1. The average Bonchev–Trinajstić information content (AvgIpc) is 3.01. The molecule has 0 unspecified atom stereocenters. The summed E-state index contributed by atoms with van der Waals surface area (Å²) in [4.78, 5) is 15.8. The molecule has 0 aliphatic rings. The first-order valence-corrected chi connectivity index (χ1v) is 7.74. The Morgan fingerprint density at radius 1 is 1.40 bits per heavy atom. The van der Waals surface area contributed by atoms with Gasteiger partial charge in [0.25, 0.3) is 0 Å². The van der Waals surface area contributed by atoms with Crippen molar-refractivity contribution >= 4 is 17.1 Å². The number of fused-ring (bicyclic) bond motifs is 1. The number of hydrogen-bond acceptors (Lipinski definition) is 5. The van der Waals surface area contributed by atoms with Crippen LogP contribution in [0.25, 0.3) is 22.2 Å². The maximum atomic E-state index is 15.1. The van der Waals surface area contributed by atoms with Crippen molar-refractivity contribution in [1.29, 1.82) is 5.26 Å². The number of aryl methyl sites for hydroxylation is 1. The van der Waals surface area contributed by atoms with E-state index < -0.39 is 11.8 Å². The molecule has 0 atom stereocenters. The first kappa shape index (κ1) is 16.7. The summed E-state index contributed by atoms with van der Waals surface area (Å²) < 4.78 is 25.3. The third-order valence-corrected chi connectivity index (χ3v) is 3.90. The summed E-state index contributed by atoms with van der Waals surface area (Å²) in [5.74, 6) is -1.81. The molecule has 0 aliphatic carbocycles. The fraction of sp³-hybridized carbons (Fsp3) is 0.211. The third kappa shape index (κ3) is 2.74. The molecule has 0 bridgehead atoms. The van der Waals surface area contributed by atoms with E-state index >= 15 is 4.39 Å². The summed E-state index contributed by atoms with van der Waals surface area (Å²) in [5, 5.41) is 9.51. The molecule has 0 amide bonds. The summed E-state index contributed by atoms with van der Waals surface area (Å²) in [7, 11) is 0. The fourth-order valence-corrected chi connectivity index (χ4v) is 2.78. The lowest BCUT2D eigenvalue weighted by atomic mass is 9.94. The molecule has 0 fully saturated rings. The van der Waals surface area contributed by atoms with Crippen molar-refractivity contribution in [3.63, 3.8) is 0 Å². The Hall–Kier alpha value is -3.20. The van der Waals surface area contributed by atoms with E-state index in [2.05, 4.69) is 4.98 Å². The Kier molecular flexibility index (Phi) is 4.24. The molecule has 126 valence electrons. The number of esters is 1. The SMILES string of the molecule is CCOC(=O)c1nc2c(C#N)c(C)c(-c3cccc(C)c3)c(F)c2o1. The minimum atomic E-state index is -0.795. The Bertz CT molecular complexity index is 1030. The van der Waals surface area contributed by atoms with Gasteiger partial charge in [-0.15, -0.1) is 0 Å². The number of nitrogens with zero attached hydrogens (tertiary/aromatic N) is 2. The van der Waals surface area contributed by atoms with Crippen molar-refractivity contribution in [2.24, 2.45) is 0 Å². The van der Waals surface area contributed by atoms with E-state index in [0.717, 1.165) is 5.56 Å². The first-order valence-electron chi connectivity index (χ1n) is 7.74. The van der Waals surface area contributed by atoms with Crippen molar-refractivity contribution in [3.05, 3.63) is 52.7 Å². The van der Waals surface area contributed by atoms with E-state index in [1.165, 1.54) is 0 Å². The monoisotopic (exact) mass is 338 g/mol. The predicted molar refractivity (Wildman–Crippen MR) is 89.5 cm³/mol. The van der Waals surface area contributed by atoms with Gasteiger partial charge in [-0.2, -0.15) is 5.26 Å². The first-order chi connectivity index (χ1) is 12.0. The quantitative estimate of drug-likeness (QED) is 0.666. The standard InChI is InChI=1S/C19H15FN2O3/c1-4-24-19(23)18-22-16-13(9-21)11(3)14(15(20)17(16)25-18)12-7-5-6-10(2)8-12/h5-8H,4H2,1-3H3. The molecule has 3 aromatic rings. The molecule has 1 aromatic heterocycles. The topological polar surface area (TPSA) is 76.1 Å². The Morgan fingerprint density at radius 3 is 2.80 bits per heavy atom. The second kappa shape index (κ2) is 6.36. The van der Waals surface area contributed by atoms with Gasteiger partial charge in [-0.05, 0) is 31.9 Å². The van der Waals surface area contributed by atoms with Crippen LogP contribution in [0.5, 0.6) is 0 Å². The van der Waals surface area contributed by atoms with Crippen molar-refractivity contribution in [3.8, 4) is 17.2 Å². The number of halogens is 1. The van der Waals surface area contributed by atoms with Gasteiger partial charge in [-0.1, -0.05) is 29.8 Å². The van der Waals surface area contributed by atoms with Crippen LogP contribution in [0.2, 0.25) is 0 Å². The van der Waals surface area contributed by atoms with E-state index in [1.54, 1.807) is 19.9 Å². The molecule has 0 aliphatic heterocycles. The lowest BCUT2D eigenvalue weighted by molar-refractivity contribution is 0.0483. The number of carbonyl (C=O) groups is 1. The highest BCUT2D eigenvalue weighted by Gasteiger charge is 2.25. The molecular formula is C19H15FN2O3. The summed E-state index contributed by atoms with van der Waals surface area (Å²) in [5.41, 5.74) is 2.27. The summed E-state index contributed by atoms with van der Waals surface area (Å²) >= 11 is 0. The summed E-state index contributed by atoms with van der Waals surface area (Å²) in [6, 6.07) is 9.32. The minimum absolute atomic E-state index is 0.0250. The average molecular weight is 338 g/mol. The van der Waals surface area contributed by atoms with Crippen LogP contribution in [-0.2, 0) is 4.74 Å². The van der Waals surface area contributed by atoms with Crippen molar-refractivity contribution in [2.45, 2.75) is 20.8 Å². The van der Waals surface area contributed by atoms with Crippen molar-refractivity contribution < 1.29 is 18.3 Å². The van der Waals surface area contributed by atoms with Gasteiger partial charge in [0, 0.05) is 5.56 Å². The zero-order valence-electron chi connectivity index (χ0n) is 14.0. The Labute approximate surface area is 143 Å². The molecule has 3 rings (SSSR count). The Balaban J connectivity index is 2.33. The molecule has 6 heteroatoms. The van der Waals surface area contributed by atoms with E-state index in [9.17, 15) is 10.1 Å². The second-order valence-electron chi connectivity index (χ2n) is 5.59. The predicted octanol–water partition coefficient (Wildman–Crippen LogP) is 4.30. The molecular weight excluding hydrogens is 323 g/mol. The second-order valence-corrected chi connectivity index (χ2v) is 5.59. The zero-order chi connectivity index (χ0) is 18.1. The molecule has 5 nitrogen and oxygen atoms in total. The molecule has 25 heavy (non-hydrogen) atoms. The van der Waals surface area contributed by atoms with Crippen LogP contribution < -0.4 is 0 Å². The maximum absolute atomic E-state index is 15.1. The lowest BCUT2D eigenvalue weighted by Gasteiger charge is -2.10. The zero-order valence-corrected chi connectivity index (χ0v) is 14.0. The van der Waals surface area contributed by atoms with Crippen molar-refractivity contribution in [1.82, 2.24) is 4.98 Å². The number of ether oxygens (including phenoxy) is 1. The van der Waals surface area contributed by atoms with Gasteiger partial charge in [0.15, 0.2) is 11.4 Å². The summed E-state index contributed by atoms with van der Waals surface area (Å²) in [6.07, 6.45) is 0. The van der Waals surface area contributed by atoms with Crippen LogP contribution in [0, 0.1) is 31.0 Å². The normalized spacial score (nSPS) is 10.7.